The Morgan fingerprint density at radius 2 is 1.82 bits per heavy atom. The Balaban J connectivity index is 1.71. The molecule has 1 unspecified atom stereocenters. The van der Waals surface area contributed by atoms with Crippen molar-refractivity contribution in [2.75, 3.05) is 6.61 Å². The normalized spacial score (nSPS) is 22.9. The first-order valence-electron chi connectivity index (χ1n) is 8.35. The van der Waals surface area contributed by atoms with Gasteiger partial charge >= 0.3 is 11.9 Å². The average Bonchev–Trinajstić information content (AvgIpc) is 2.91. The van der Waals surface area contributed by atoms with Crippen molar-refractivity contribution >= 4 is 17.8 Å². The summed E-state index contributed by atoms with van der Waals surface area (Å²) in [6.45, 7) is -0.715. The van der Waals surface area contributed by atoms with E-state index in [-0.39, 0.29) is 25.3 Å². The second-order valence-corrected chi connectivity index (χ2v) is 6.66. The quantitative estimate of drug-likeness (QED) is 0.323. The minimum Gasteiger partial charge on any atom is -0.483 e. The molecule has 0 bridgehead atoms. The highest BCUT2D eigenvalue weighted by atomic mass is 19.2. The molecule has 1 heterocycles. The van der Waals surface area contributed by atoms with Crippen LogP contribution in [0.4, 0.5) is 17.6 Å². The van der Waals surface area contributed by atoms with E-state index in [2.05, 4.69) is 5.32 Å². The highest BCUT2D eigenvalue weighted by Crippen LogP contribution is 2.41. The molecule has 2 aliphatic rings. The van der Waals surface area contributed by atoms with Crippen LogP contribution in [0, 0.1) is 28.7 Å². The van der Waals surface area contributed by atoms with Crippen LogP contribution in [-0.4, -0.2) is 41.7 Å². The van der Waals surface area contributed by atoms with Crippen molar-refractivity contribution in [3.63, 3.8) is 0 Å². The number of esters is 1. The summed E-state index contributed by atoms with van der Waals surface area (Å²) in [5.41, 5.74) is -1.60. The Morgan fingerprint density at radius 1 is 1.21 bits per heavy atom. The van der Waals surface area contributed by atoms with Gasteiger partial charge in [0.15, 0.2) is 23.5 Å². The fraction of sp³-hybridized carbons (Fsp3) is 0.471. The molecule has 2 fully saturated rings. The molecule has 0 radical (unpaired) electrons. The summed E-state index contributed by atoms with van der Waals surface area (Å²) < 4.78 is 63.4. The lowest BCUT2D eigenvalue weighted by molar-refractivity contribution is -0.162. The van der Waals surface area contributed by atoms with Crippen molar-refractivity contribution in [2.24, 2.45) is 5.41 Å². The van der Waals surface area contributed by atoms with Crippen LogP contribution in [0.2, 0.25) is 0 Å². The lowest BCUT2D eigenvalue weighted by Gasteiger charge is -2.36. The minimum atomic E-state index is -1.76. The lowest BCUT2D eigenvalue weighted by atomic mass is 9.68. The second-order valence-electron chi connectivity index (χ2n) is 6.66. The largest absolute Gasteiger partial charge is 0.483 e. The summed E-state index contributed by atoms with van der Waals surface area (Å²) >= 11 is 0. The van der Waals surface area contributed by atoms with E-state index in [4.69, 9.17) is 9.47 Å². The van der Waals surface area contributed by atoms with Gasteiger partial charge in [-0.15, -0.1) is 0 Å². The van der Waals surface area contributed by atoms with Crippen LogP contribution in [0.25, 0.3) is 0 Å². The lowest BCUT2D eigenvalue weighted by Crippen LogP contribution is -2.55. The zero-order chi connectivity index (χ0) is 20.6. The smallest absolute Gasteiger partial charge is 0.319 e. The number of carbonyl (C=O) groups excluding carboxylic acids is 2. The molecular weight excluding hydrogens is 390 g/mol. The van der Waals surface area contributed by atoms with Crippen molar-refractivity contribution in [3.8, 4) is 5.75 Å². The Bertz CT molecular complexity index is 815. The van der Waals surface area contributed by atoms with E-state index >= 15 is 0 Å². The van der Waals surface area contributed by atoms with Crippen molar-refractivity contribution < 1.29 is 46.5 Å². The average molecular weight is 405 g/mol. The molecule has 2 atom stereocenters. The van der Waals surface area contributed by atoms with Crippen molar-refractivity contribution in [1.82, 2.24) is 5.32 Å². The summed E-state index contributed by atoms with van der Waals surface area (Å²) in [7, 11) is 0. The van der Waals surface area contributed by atoms with Gasteiger partial charge in [-0.3, -0.25) is 14.4 Å². The van der Waals surface area contributed by atoms with Crippen LogP contribution < -0.4 is 10.1 Å². The third-order valence-corrected chi connectivity index (χ3v) is 4.95. The van der Waals surface area contributed by atoms with E-state index in [1.165, 1.54) is 0 Å². The van der Waals surface area contributed by atoms with Crippen LogP contribution in [0.15, 0.2) is 6.07 Å². The fourth-order valence-corrected chi connectivity index (χ4v) is 3.12. The van der Waals surface area contributed by atoms with Crippen LogP contribution in [-0.2, 0) is 19.1 Å². The van der Waals surface area contributed by atoms with Gasteiger partial charge in [0, 0.05) is 6.07 Å². The zero-order valence-corrected chi connectivity index (χ0v) is 14.3. The molecule has 1 saturated carbocycles. The fourth-order valence-electron chi connectivity index (χ4n) is 3.12. The summed E-state index contributed by atoms with van der Waals surface area (Å²) in [5.74, 6) is -11.1. The van der Waals surface area contributed by atoms with Crippen LogP contribution >= 0.6 is 0 Å². The highest BCUT2D eigenvalue weighted by Gasteiger charge is 2.52. The predicted molar refractivity (Wildman–Crippen MR) is 82.1 cm³/mol. The Kier molecular flexibility index (Phi) is 5.18. The molecule has 2 N–H and O–H groups in total. The third kappa shape index (κ3) is 3.36. The van der Waals surface area contributed by atoms with Gasteiger partial charge in [0.25, 0.3) is 0 Å². The monoisotopic (exact) mass is 405 g/mol. The molecule has 3 rings (SSSR count). The number of carboxylic acid groups (broad SMARTS) is 1. The van der Waals surface area contributed by atoms with E-state index in [0.717, 1.165) is 0 Å². The van der Waals surface area contributed by atoms with E-state index < -0.39 is 71.0 Å². The van der Waals surface area contributed by atoms with Gasteiger partial charge in [0.05, 0.1) is 12.5 Å². The maximum absolute atomic E-state index is 13.6. The number of carboxylic acids is 1. The first-order chi connectivity index (χ1) is 13.2. The Labute approximate surface area is 155 Å². The van der Waals surface area contributed by atoms with Gasteiger partial charge < -0.3 is 19.9 Å². The standard InChI is InChI=1S/C17H15F4NO6/c18-7-4-8(19)13(21)14(12(7)20)27-6-10-9(5-11(23)28-10)22-15(24)17(16(25)26)2-1-3-17/h4,9-10H,1-3,5-6H2,(H,22,24)(H,25,26)/t9?,10-/m1/s1. The molecule has 7 nitrogen and oxygen atoms in total. The molecule has 0 spiro atoms. The molecule has 1 aliphatic heterocycles. The number of rotatable bonds is 6. The van der Waals surface area contributed by atoms with Crippen molar-refractivity contribution in [3.05, 3.63) is 29.3 Å². The first-order valence-corrected chi connectivity index (χ1v) is 8.35. The number of hydrogen-bond acceptors (Lipinski definition) is 5. The summed E-state index contributed by atoms with van der Waals surface area (Å²) in [4.78, 5) is 35.3. The van der Waals surface area contributed by atoms with Crippen LogP contribution in [0.1, 0.15) is 25.7 Å². The molecule has 1 aromatic rings. The van der Waals surface area contributed by atoms with Gasteiger partial charge in [-0.2, -0.15) is 8.78 Å². The number of carbonyl (C=O) groups is 3. The number of nitrogens with one attached hydrogen (secondary N) is 1. The molecule has 152 valence electrons. The Hall–Kier alpha value is -2.85. The van der Waals surface area contributed by atoms with Crippen LogP contribution in [0.3, 0.4) is 0 Å². The SMILES string of the molecule is O=C1CC(NC(=O)C2(C(=O)O)CCC2)[C@@H](COc2c(F)c(F)cc(F)c2F)O1. The number of cyclic esters (lactones) is 1. The molecule has 1 amide bonds. The van der Waals surface area contributed by atoms with E-state index in [0.29, 0.717) is 6.42 Å². The van der Waals surface area contributed by atoms with Gasteiger partial charge in [0.2, 0.25) is 17.5 Å². The van der Waals surface area contributed by atoms with Gasteiger partial charge in [-0.1, -0.05) is 6.42 Å². The maximum Gasteiger partial charge on any atom is 0.319 e. The number of benzene rings is 1. The molecule has 1 aliphatic carbocycles. The van der Waals surface area contributed by atoms with Crippen LogP contribution in [0.5, 0.6) is 5.75 Å². The summed E-state index contributed by atoms with van der Waals surface area (Å²) in [6, 6.07) is -1.01. The molecular formula is C17H15F4NO6. The zero-order valence-electron chi connectivity index (χ0n) is 14.3. The van der Waals surface area contributed by atoms with Crippen molar-refractivity contribution in [2.45, 2.75) is 37.8 Å². The summed E-state index contributed by atoms with van der Waals surface area (Å²) in [5, 5.41) is 11.7. The summed E-state index contributed by atoms with van der Waals surface area (Å²) in [6.07, 6.45) is -0.729. The highest BCUT2D eigenvalue weighted by molar-refractivity contribution is 6.03. The molecule has 1 saturated heterocycles. The van der Waals surface area contributed by atoms with Gasteiger partial charge in [-0.05, 0) is 12.8 Å². The number of amides is 1. The molecule has 1 aromatic carbocycles. The number of ether oxygens (including phenoxy) is 2. The van der Waals surface area contributed by atoms with E-state index in [1.54, 1.807) is 0 Å². The number of hydrogen-bond donors (Lipinski definition) is 2. The predicted octanol–water partition coefficient (Wildman–Crippen LogP) is 1.68. The van der Waals surface area contributed by atoms with Crippen molar-refractivity contribution in [1.29, 1.82) is 0 Å². The van der Waals surface area contributed by atoms with E-state index in [1.807, 2.05) is 0 Å². The molecule has 11 heteroatoms. The number of aliphatic carboxylic acids is 1. The third-order valence-electron chi connectivity index (χ3n) is 4.95. The first kappa shape index (κ1) is 19.9. The van der Waals surface area contributed by atoms with E-state index in [9.17, 15) is 37.1 Å². The molecule has 28 heavy (non-hydrogen) atoms. The van der Waals surface area contributed by atoms with Gasteiger partial charge in [-0.25, -0.2) is 8.78 Å². The molecule has 0 aromatic heterocycles. The minimum absolute atomic E-state index is 0.0140. The topological polar surface area (TPSA) is 102 Å². The van der Waals surface area contributed by atoms with Gasteiger partial charge in [0.1, 0.15) is 12.0 Å². The second kappa shape index (κ2) is 7.28. The number of halogens is 4. The Morgan fingerprint density at radius 3 is 2.32 bits per heavy atom. The maximum atomic E-state index is 13.6.